The SMILES string of the molecule is CCCC/C=C\C/C=C\CCCCCCCC(=O)OCCCCCCCCCCCCCCCCCCC(=O)NC(CO)C(O)/C=C/CCCCCCCCCCCCCCCCC. The largest absolute Gasteiger partial charge is 0.466 e. The molecule has 0 bridgehead atoms. The van der Waals surface area contributed by atoms with Crippen LogP contribution in [0.4, 0.5) is 0 Å². The highest BCUT2D eigenvalue weighted by molar-refractivity contribution is 5.76. The van der Waals surface area contributed by atoms with Crippen LogP contribution in [0.2, 0.25) is 0 Å². The van der Waals surface area contributed by atoms with Gasteiger partial charge in [0.25, 0.3) is 0 Å². The lowest BCUT2D eigenvalue weighted by molar-refractivity contribution is -0.143. The van der Waals surface area contributed by atoms with Crippen LogP contribution in [0.1, 0.15) is 296 Å². The van der Waals surface area contributed by atoms with Gasteiger partial charge in [0.2, 0.25) is 5.91 Å². The molecule has 0 saturated carbocycles. The number of amides is 1. The van der Waals surface area contributed by atoms with Crippen molar-refractivity contribution in [3.8, 4) is 0 Å². The van der Waals surface area contributed by atoms with Gasteiger partial charge in [-0.3, -0.25) is 9.59 Å². The summed E-state index contributed by atoms with van der Waals surface area (Å²) in [5.41, 5.74) is 0. The number of hydrogen-bond acceptors (Lipinski definition) is 5. The summed E-state index contributed by atoms with van der Waals surface area (Å²) >= 11 is 0. The molecule has 1 amide bonds. The fraction of sp³-hybridized carbons (Fsp3) is 0.862. The van der Waals surface area contributed by atoms with Gasteiger partial charge in [-0.1, -0.05) is 262 Å². The van der Waals surface area contributed by atoms with Crippen molar-refractivity contribution in [2.24, 2.45) is 0 Å². The highest BCUT2D eigenvalue weighted by atomic mass is 16.5. The lowest BCUT2D eigenvalue weighted by atomic mass is 10.0. The lowest BCUT2D eigenvalue weighted by Gasteiger charge is -2.20. The molecular weight excluding hydrogens is 791 g/mol. The van der Waals surface area contributed by atoms with Gasteiger partial charge in [-0.25, -0.2) is 0 Å². The van der Waals surface area contributed by atoms with Crippen LogP contribution in [-0.4, -0.2) is 47.4 Å². The van der Waals surface area contributed by atoms with Crippen molar-refractivity contribution in [2.75, 3.05) is 13.2 Å². The molecule has 0 saturated heterocycles. The maximum atomic E-state index is 12.5. The number of allylic oxidation sites excluding steroid dienone is 5. The lowest BCUT2D eigenvalue weighted by Crippen LogP contribution is -2.45. The molecule has 0 aromatic carbocycles. The summed E-state index contributed by atoms with van der Waals surface area (Å²) < 4.78 is 5.46. The summed E-state index contributed by atoms with van der Waals surface area (Å²) in [6, 6.07) is -0.634. The molecule has 0 rings (SSSR count). The number of rotatable bonds is 52. The number of ether oxygens (including phenoxy) is 1. The summed E-state index contributed by atoms with van der Waals surface area (Å²) in [5, 5.41) is 23.1. The molecule has 0 aromatic rings. The number of hydrogen-bond donors (Lipinski definition) is 3. The minimum atomic E-state index is -0.850. The van der Waals surface area contributed by atoms with Gasteiger partial charge in [0, 0.05) is 12.8 Å². The van der Waals surface area contributed by atoms with Crippen molar-refractivity contribution >= 4 is 11.9 Å². The summed E-state index contributed by atoms with van der Waals surface area (Å²) in [6.07, 6.45) is 65.8. The maximum Gasteiger partial charge on any atom is 0.305 e. The first-order valence-electron chi connectivity index (χ1n) is 28.3. The van der Waals surface area contributed by atoms with Crippen LogP contribution in [-0.2, 0) is 14.3 Å². The highest BCUT2D eigenvalue weighted by Gasteiger charge is 2.18. The van der Waals surface area contributed by atoms with Crippen LogP contribution in [0.25, 0.3) is 0 Å². The second-order valence-electron chi connectivity index (χ2n) is 19.3. The van der Waals surface area contributed by atoms with Crippen molar-refractivity contribution in [3.05, 3.63) is 36.5 Å². The van der Waals surface area contributed by atoms with E-state index >= 15 is 0 Å². The third-order valence-electron chi connectivity index (χ3n) is 12.9. The third kappa shape index (κ3) is 49.5. The number of carbonyl (C=O) groups excluding carboxylic acids is 2. The van der Waals surface area contributed by atoms with Gasteiger partial charge in [0.15, 0.2) is 0 Å². The van der Waals surface area contributed by atoms with Gasteiger partial charge in [-0.2, -0.15) is 0 Å². The van der Waals surface area contributed by atoms with Crippen LogP contribution >= 0.6 is 0 Å². The van der Waals surface area contributed by atoms with Crippen LogP contribution in [0.15, 0.2) is 36.5 Å². The molecular formula is C58H109NO5. The van der Waals surface area contributed by atoms with Crippen LogP contribution < -0.4 is 5.32 Å². The average Bonchev–Trinajstić information content (AvgIpc) is 3.29. The average molecular weight is 901 g/mol. The number of carbonyl (C=O) groups is 2. The van der Waals surface area contributed by atoms with Gasteiger partial charge >= 0.3 is 5.97 Å². The van der Waals surface area contributed by atoms with Gasteiger partial charge < -0.3 is 20.3 Å². The van der Waals surface area contributed by atoms with Gasteiger partial charge in [-0.05, 0) is 57.8 Å². The molecule has 0 heterocycles. The molecule has 376 valence electrons. The van der Waals surface area contributed by atoms with Crippen molar-refractivity contribution in [1.82, 2.24) is 5.32 Å². The zero-order valence-electron chi connectivity index (χ0n) is 42.8. The van der Waals surface area contributed by atoms with Crippen molar-refractivity contribution in [3.63, 3.8) is 0 Å². The van der Waals surface area contributed by atoms with E-state index in [2.05, 4.69) is 43.5 Å². The number of esters is 1. The molecule has 2 unspecified atom stereocenters. The Morgan fingerprint density at radius 2 is 0.797 bits per heavy atom. The van der Waals surface area contributed by atoms with Gasteiger partial charge in [0.1, 0.15) is 0 Å². The molecule has 0 aliphatic heterocycles. The molecule has 6 heteroatoms. The Kier molecular flexibility index (Phi) is 52.1. The maximum absolute atomic E-state index is 12.5. The standard InChI is InChI=1S/C58H109NO5/c1-3-5-7-9-11-13-15-17-19-20-23-26-30-34-38-42-46-50-56(61)55(54-60)59-57(62)51-47-43-39-35-31-27-24-21-22-25-29-33-37-41-45-49-53-64-58(63)52-48-44-40-36-32-28-18-16-14-12-10-8-6-4-2/h10,12,16,18,46,50,55-56,60-61H,3-9,11,13-15,17,19-45,47-49,51-54H2,1-2H3,(H,59,62)/b12-10-,18-16-,50-46+. The first-order chi connectivity index (χ1) is 31.5. The van der Waals surface area contributed by atoms with Crippen LogP contribution in [0, 0.1) is 0 Å². The van der Waals surface area contributed by atoms with E-state index in [9.17, 15) is 19.8 Å². The van der Waals surface area contributed by atoms with Crippen molar-refractivity contribution < 1.29 is 24.5 Å². The zero-order valence-corrected chi connectivity index (χ0v) is 42.8. The van der Waals surface area contributed by atoms with E-state index in [1.165, 1.54) is 212 Å². The number of unbranched alkanes of at least 4 members (excludes halogenated alkanes) is 37. The Balaban J connectivity index is 3.47. The molecule has 0 radical (unpaired) electrons. The predicted octanol–water partition coefficient (Wildman–Crippen LogP) is 17.2. The number of aliphatic hydroxyl groups excluding tert-OH is 2. The number of aliphatic hydroxyl groups is 2. The first kappa shape index (κ1) is 62.1. The zero-order chi connectivity index (χ0) is 46.5. The fourth-order valence-electron chi connectivity index (χ4n) is 8.53. The Labute approximate surface area is 398 Å². The summed E-state index contributed by atoms with van der Waals surface area (Å²) in [4.78, 5) is 24.5. The smallest absolute Gasteiger partial charge is 0.305 e. The Morgan fingerprint density at radius 3 is 1.23 bits per heavy atom. The quantitative estimate of drug-likeness (QED) is 0.0321. The Bertz CT molecular complexity index is 1040. The van der Waals surface area contributed by atoms with E-state index < -0.39 is 12.1 Å². The van der Waals surface area contributed by atoms with E-state index in [1.807, 2.05) is 6.08 Å². The van der Waals surface area contributed by atoms with Crippen molar-refractivity contribution in [1.29, 1.82) is 0 Å². The molecule has 0 aliphatic carbocycles. The molecule has 0 aliphatic rings. The fourth-order valence-corrected chi connectivity index (χ4v) is 8.53. The number of nitrogens with one attached hydrogen (secondary N) is 1. The Hall–Kier alpha value is -1.92. The molecule has 0 fully saturated rings. The van der Waals surface area contributed by atoms with E-state index in [4.69, 9.17) is 4.74 Å². The third-order valence-corrected chi connectivity index (χ3v) is 12.9. The monoisotopic (exact) mass is 900 g/mol. The predicted molar refractivity (Wildman–Crippen MR) is 278 cm³/mol. The molecule has 64 heavy (non-hydrogen) atoms. The van der Waals surface area contributed by atoms with Crippen molar-refractivity contribution in [2.45, 2.75) is 309 Å². The van der Waals surface area contributed by atoms with Gasteiger partial charge in [-0.15, -0.1) is 0 Å². The minimum Gasteiger partial charge on any atom is -0.466 e. The second kappa shape index (κ2) is 53.7. The molecule has 3 N–H and O–H groups in total. The minimum absolute atomic E-state index is 0.0126. The van der Waals surface area contributed by atoms with Gasteiger partial charge in [0.05, 0.1) is 25.4 Å². The molecule has 0 spiro atoms. The van der Waals surface area contributed by atoms with E-state index in [0.29, 0.717) is 19.4 Å². The van der Waals surface area contributed by atoms with E-state index in [0.717, 1.165) is 57.8 Å². The molecule has 0 aromatic heterocycles. The normalized spacial score (nSPS) is 12.9. The first-order valence-corrected chi connectivity index (χ1v) is 28.3. The summed E-state index contributed by atoms with van der Waals surface area (Å²) in [7, 11) is 0. The highest BCUT2D eigenvalue weighted by Crippen LogP contribution is 2.16. The molecule has 2 atom stereocenters. The summed E-state index contributed by atoms with van der Waals surface area (Å²) in [5.74, 6) is -0.0869. The van der Waals surface area contributed by atoms with Crippen LogP contribution in [0.3, 0.4) is 0 Å². The Morgan fingerprint density at radius 1 is 0.438 bits per heavy atom. The second-order valence-corrected chi connectivity index (χ2v) is 19.3. The van der Waals surface area contributed by atoms with E-state index in [-0.39, 0.29) is 18.5 Å². The van der Waals surface area contributed by atoms with E-state index in [1.54, 1.807) is 6.08 Å². The van der Waals surface area contributed by atoms with Crippen LogP contribution in [0.5, 0.6) is 0 Å². The topological polar surface area (TPSA) is 95.9 Å². The molecule has 6 nitrogen and oxygen atoms in total. The summed E-state index contributed by atoms with van der Waals surface area (Å²) in [6.45, 7) is 4.85.